The second-order valence-electron chi connectivity index (χ2n) is 38.9. The van der Waals surface area contributed by atoms with Crippen LogP contribution in [0.4, 0.5) is 0 Å². The lowest BCUT2D eigenvalue weighted by molar-refractivity contribution is 1.18. The summed E-state index contributed by atoms with van der Waals surface area (Å²) >= 11 is 0. The Hall–Kier alpha value is -19.9. The molecule has 0 radical (unpaired) electrons. The smallest absolute Gasteiger partial charge is 0.0619 e. The lowest BCUT2D eigenvalue weighted by atomic mass is 9.94. The number of hydrogen-bond acceptors (Lipinski definition) is 0. The van der Waals surface area contributed by atoms with Crippen molar-refractivity contribution in [2.75, 3.05) is 0 Å². The molecule has 0 fully saturated rings. The van der Waals surface area contributed by atoms with Crippen molar-refractivity contribution in [3.63, 3.8) is 0 Å². The van der Waals surface area contributed by atoms with E-state index in [0.717, 1.165) is 17.1 Å². The monoisotopic (exact) mass is 1910 g/mol. The minimum Gasteiger partial charge on any atom is -0.309 e. The van der Waals surface area contributed by atoms with Crippen LogP contribution in [-0.4, -0.2) is 27.4 Å². The zero-order valence-electron chi connectivity index (χ0n) is 82.1. The summed E-state index contributed by atoms with van der Waals surface area (Å²) in [6.45, 7) is 0. The normalized spacial score (nSPS) is 11.6. The number of fused-ring (bicyclic) bond motifs is 18. The quantitative estimate of drug-likeness (QED) is 0.0979. The standard InChI is InChI=1S/3C48H32N2/c1-4-15-33(16-5-1)38-29-28-37(32-43(38)34-17-6-2-7-18-34)50-46-26-13-10-21-40(46)42-24-14-23-39(48(42)50)35-27-30-47-44(31-35)41-22-11-12-25-45(41)49(47)36-19-8-3-9-20-36;1-4-15-33(16-5-1)36-29-37(34-17-6-2-7-18-34)31-39(30-36)50-44-24-12-10-21-41(44)43-32-35(27-28-46(43)50)40-23-14-26-47-48(40)42-22-11-13-25-45(42)49(47)38-19-8-3-9-20-38;1-4-14-33(15-5-1)37-28-38(34-16-6-2-7-17-34)30-40(29-37)50-46-23-13-11-21-42(46)44-31-35(25-27-47(44)50)36-24-26-43-41-20-10-12-22-45(41)49(48(43)32-36)39-18-8-3-9-19-39/h3*1-32H. The van der Waals surface area contributed by atoms with E-state index in [9.17, 15) is 0 Å². The van der Waals surface area contributed by atoms with Crippen molar-refractivity contribution in [1.82, 2.24) is 27.4 Å². The van der Waals surface area contributed by atoms with Gasteiger partial charge in [0.15, 0.2) is 0 Å². The first-order chi connectivity index (χ1) is 74.4. The molecule has 0 aliphatic carbocycles. The van der Waals surface area contributed by atoms with Gasteiger partial charge in [-0.15, -0.1) is 0 Å². The average molecular weight is 1910 g/mol. The van der Waals surface area contributed by atoms with E-state index in [0.29, 0.717) is 0 Å². The van der Waals surface area contributed by atoms with Gasteiger partial charge in [0.25, 0.3) is 0 Å². The Morgan fingerprint density at radius 3 is 0.800 bits per heavy atom. The van der Waals surface area contributed by atoms with E-state index in [-0.39, 0.29) is 0 Å². The van der Waals surface area contributed by atoms with E-state index in [1.54, 1.807) is 0 Å². The third-order valence-electron chi connectivity index (χ3n) is 30.3. The summed E-state index contributed by atoms with van der Waals surface area (Å²) in [6.07, 6.45) is 0. The van der Waals surface area contributed by atoms with Crippen LogP contribution in [0.2, 0.25) is 0 Å². The molecule has 30 aromatic rings. The van der Waals surface area contributed by atoms with Crippen molar-refractivity contribution in [2.24, 2.45) is 0 Å². The molecule has 30 rings (SSSR count). The lowest BCUT2D eigenvalue weighted by Crippen LogP contribution is -1.97. The van der Waals surface area contributed by atoms with Crippen LogP contribution in [0.1, 0.15) is 0 Å². The van der Waals surface area contributed by atoms with Crippen LogP contribution in [0.3, 0.4) is 0 Å². The van der Waals surface area contributed by atoms with Crippen molar-refractivity contribution in [3.05, 3.63) is 582 Å². The topological polar surface area (TPSA) is 29.6 Å². The highest BCUT2D eigenvalue weighted by Crippen LogP contribution is 2.49. The van der Waals surface area contributed by atoms with Crippen molar-refractivity contribution >= 4 is 131 Å². The van der Waals surface area contributed by atoms with Gasteiger partial charge in [0.05, 0.1) is 66.2 Å². The molecule has 24 aromatic carbocycles. The van der Waals surface area contributed by atoms with E-state index >= 15 is 0 Å². The van der Waals surface area contributed by atoms with Crippen LogP contribution in [0.15, 0.2) is 582 Å². The highest BCUT2D eigenvalue weighted by molar-refractivity contribution is 6.20. The van der Waals surface area contributed by atoms with Crippen LogP contribution >= 0.6 is 0 Å². The van der Waals surface area contributed by atoms with E-state index in [2.05, 4.69) is 610 Å². The number of para-hydroxylation sites is 10. The van der Waals surface area contributed by atoms with Crippen molar-refractivity contribution in [1.29, 1.82) is 0 Å². The molecule has 0 amide bonds. The first-order valence-corrected chi connectivity index (χ1v) is 51.6. The zero-order valence-corrected chi connectivity index (χ0v) is 82.1. The second-order valence-corrected chi connectivity index (χ2v) is 38.9. The minimum absolute atomic E-state index is 1.14. The average Bonchev–Trinajstić information content (AvgIpc) is 1.57. The Labute approximate surface area is 868 Å². The van der Waals surface area contributed by atoms with E-state index in [1.807, 2.05) is 0 Å². The number of rotatable bonds is 15. The van der Waals surface area contributed by atoms with Gasteiger partial charge >= 0.3 is 0 Å². The largest absolute Gasteiger partial charge is 0.309 e. The molecule has 702 valence electrons. The van der Waals surface area contributed by atoms with Gasteiger partial charge in [0.1, 0.15) is 0 Å². The molecule has 6 aromatic heterocycles. The van der Waals surface area contributed by atoms with Crippen molar-refractivity contribution < 1.29 is 0 Å². The number of aromatic nitrogens is 6. The molecule has 0 aliphatic rings. The maximum atomic E-state index is 2.47. The van der Waals surface area contributed by atoms with Crippen molar-refractivity contribution in [2.45, 2.75) is 0 Å². The number of benzene rings is 24. The van der Waals surface area contributed by atoms with Gasteiger partial charge in [-0.25, -0.2) is 0 Å². The third-order valence-corrected chi connectivity index (χ3v) is 30.3. The van der Waals surface area contributed by atoms with Gasteiger partial charge in [0, 0.05) is 104 Å². The van der Waals surface area contributed by atoms with Gasteiger partial charge in [-0.3, -0.25) is 0 Å². The summed E-state index contributed by atoms with van der Waals surface area (Å²) in [6, 6.07) is 211. The molecule has 0 bridgehead atoms. The summed E-state index contributed by atoms with van der Waals surface area (Å²) in [5, 5.41) is 15.0. The third kappa shape index (κ3) is 15.4. The molecule has 0 saturated heterocycles. The van der Waals surface area contributed by atoms with Gasteiger partial charge in [-0.1, -0.05) is 413 Å². The fourth-order valence-corrected chi connectivity index (χ4v) is 23.6. The highest BCUT2D eigenvalue weighted by Gasteiger charge is 2.26. The maximum absolute atomic E-state index is 2.47. The molecule has 150 heavy (non-hydrogen) atoms. The van der Waals surface area contributed by atoms with Crippen LogP contribution in [-0.2, 0) is 0 Å². The van der Waals surface area contributed by atoms with Gasteiger partial charge < -0.3 is 27.4 Å². The van der Waals surface area contributed by atoms with Crippen LogP contribution in [0, 0.1) is 0 Å². The molecule has 0 unspecified atom stereocenters. The second kappa shape index (κ2) is 37.4. The van der Waals surface area contributed by atoms with Gasteiger partial charge in [0.2, 0.25) is 0 Å². The van der Waals surface area contributed by atoms with Gasteiger partial charge in [-0.2, -0.15) is 0 Å². The molecule has 6 nitrogen and oxygen atoms in total. The molecular formula is C144H96N6. The van der Waals surface area contributed by atoms with Crippen LogP contribution in [0.5, 0.6) is 0 Å². The van der Waals surface area contributed by atoms with E-state index in [4.69, 9.17) is 0 Å². The summed E-state index contributed by atoms with van der Waals surface area (Å²) < 4.78 is 14.5. The van der Waals surface area contributed by atoms with Crippen molar-refractivity contribution in [3.8, 4) is 134 Å². The molecule has 6 heterocycles. The zero-order chi connectivity index (χ0) is 99.1. The molecule has 0 saturated carbocycles. The lowest BCUT2D eigenvalue weighted by Gasteiger charge is -2.16. The minimum atomic E-state index is 1.14. The Morgan fingerprint density at radius 2 is 0.367 bits per heavy atom. The molecule has 0 spiro atoms. The predicted octanol–water partition coefficient (Wildman–Crippen LogP) is 38.6. The molecule has 0 N–H and O–H groups in total. The molecule has 0 aliphatic heterocycles. The van der Waals surface area contributed by atoms with Crippen LogP contribution in [0.25, 0.3) is 265 Å². The van der Waals surface area contributed by atoms with Crippen LogP contribution < -0.4 is 0 Å². The molecule has 6 heteroatoms. The first-order valence-electron chi connectivity index (χ1n) is 51.6. The fourth-order valence-electron chi connectivity index (χ4n) is 23.6. The summed E-state index contributed by atoms with van der Waals surface area (Å²) in [5.41, 5.74) is 43.2. The Morgan fingerprint density at radius 1 is 0.0933 bits per heavy atom. The number of hydrogen-bond donors (Lipinski definition) is 0. The number of nitrogens with zero attached hydrogens (tertiary/aromatic N) is 6. The summed E-state index contributed by atoms with van der Waals surface area (Å²) in [4.78, 5) is 0. The van der Waals surface area contributed by atoms with E-state index in [1.165, 1.54) is 248 Å². The highest BCUT2D eigenvalue weighted by atomic mass is 15.0. The SMILES string of the molecule is c1ccc(-c2cc(-c3ccccc3)cc(-n3c4ccccc4c4cc(-c5ccc6c7ccccc7n(-c7ccccc7)c6c5)ccc43)c2)cc1.c1ccc(-c2cc(-c3ccccc3)cc(-n3c4ccccc4c4cc(-c5cccc6c5c5ccccc5n6-c5ccccc5)ccc43)c2)cc1.c1ccc(-c2ccc(-n3c4ccccc4c4cccc(-c5ccc6c(c5)c5ccccc5n6-c5ccccc5)c43)cc2-c2ccccc2)cc1. The fraction of sp³-hybridized carbons (Fsp3) is 0. The Balaban J connectivity index is 0.000000108. The maximum Gasteiger partial charge on any atom is 0.0619 e. The molecule has 0 atom stereocenters. The van der Waals surface area contributed by atoms with Gasteiger partial charge in [-0.05, 0) is 264 Å². The Bertz CT molecular complexity index is 10300. The van der Waals surface area contributed by atoms with E-state index < -0.39 is 0 Å². The summed E-state index contributed by atoms with van der Waals surface area (Å²) in [7, 11) is 0. The first kappa shape index (κ1) is 87.8. The predicted molar refractivity (Wildman–Crippen MR) is 634 cm³/mol. The molecular weight excluding hydrogens is 1810 g/mol. The summed E-state index contributed by atoms with van der Waals surface area (Å²) in [5.74, 6) is 0. The Kier molecular flexibility index (Phi) is 21.9.